The van der Waals surface area contributed by atoms with E-state index in [0.29, 0.717) is 18.7 Å². The predicted molar refractivity (Wildman–Crippen MR) is 129 cm³/mol. The lowest BCUT2D eigenvalue weighted by molar-refractivity contribution is -0.148. The number of thioether (sulfide) groups is 1. The van der Waals surface area contributed by atoms with Gasteiger partial charge in [-0.05, 0) is 35.6 Å². The number of ether oxygens (including phenoxy) is 1. The number of amides is 2. The molecule has 176 valence electrons. The summed E-state index contributed by atoms with van der Waals surface area (Å²) < 4.78 is 5.48. The van der Waals surface area contributed by atoms with Crippen molar-refractivity contribution < 1.29 is 24.2 Å². The monoisotopic (exact) mass is 470 g/mol. The Morgan fingerprint density at radius 3 is 2.21 bits per heavy atom. The fourth-order valence-corrected chi connectivity index (χ4v) is 4.41. The predicted octanol–water partition coefficient (Wildman–Crippen LogP) is 3.88. The van der Waals surface area contributed by atoms with Crippen molar-refractivity contribution in [1.82, 2.24) is 10.6 Å². The van der Waals surface area contributed by atoms with Crippen LogP contribution in [0, 0.1) is 5.41 Å². The number of carboxylic acid groups (broad SMARTS) is 1. The van der Waals surface area contributed by atoms with Gasteiger partial charge in [0.15, 0.2) is 0 Å². The van der Waals surface area contributed by atoms with Crippen molar-refractivity contribution in [2.75, 3.05) is 31.2 Å². The molecule has 2 amide bonds. The lowest BCUT2D eigenvalue weighted by Crippen LogP contribution is -2.41. The number of nitrogens with one attached hydrogen (secondary N) is 2. The van der Waals surface area contributed by atoms with E-state index in [0.717, 1.165) is 11.1 Å². The van der Waals surface area contributed by atoms with Gasteiger partial charge in [0.1, 0.15) is 6.61 Å². The second-order valence-electron chi connectivity index (χ2n) is 8.30. The fraction of sp³-hybridized carbons (Fsp3) is 0.400. The molecule has 1 aliphatic rings. The van der Waals surface area contributed by atoms with Crippen LogP contribution in [0.2, 0.25) is 0 Å². The molecule has 7 nitrogen and oxygen atoms in total. The number of rotatable bonds is 11. The Morgan fingerprint density at radius 2 is 1.64 bits per heavy atom. The molecule has 0 aliphatic heterocycles. The molecule has 0 saturated carbocycles. The van der Waals surface area contributed by atoms with Crippen LogP contribution in [0.15, 0.2) is 48.5 Å². The van der Waals surface area contributed by atoms with Gasteiger partial charge in [-0.15, -0.1) is 0 Å². The number of fused-ring (bicyclic) bond motifs is 3. The molecule has 0 bridgehead atoms. The summed E-state index contributed by atoms with van der Waals surface area (Å²) in [5, 5.41) is 14.6. The van der Waals surface area contributed by atoms with E-state index in [1.807, 2.05) is 24.3 Å². The molecule has 1 atom stereocenters. The molecule has 3 N–H and O–H groups in total. The van der Waals surface area contributed by atoms with Gasteiger partial charge < -0.3 is 20.5 Å². The Kier molecular flexibility index (Phi) is 8.38. The van der Waals surface area contributed by atoms with Crippen LogP contribution in [-0.4, -0.2) is 54.3 Å². The summed E-state index contributed by atoms with van der Waals surface area (Å²) in [7, 11) is 0. The molecule has 8 heteroatoms. The lowest BCUT2D eigenvalue weighted by atomic mass is 9.88. The fourth-order valence-electron chi connectivity index (χ4n) is 3.74. The number of carbonyl (C=O) groups excluding carboxylic acids is 2. The molecule has 0 heterocycles. The minimum absolute atomic E-state index is 0.0147. The zero-order valence-corrected chi connectivity index (χ0v) is 19.7. The maximum atomic E-state index is 12.2. The van der Waals surface area contributed by atoms with Gasteiger partial charge in [-0.2, -0.15) is 11.8 Å². The van der Waals surface area contributed by atoms with Crippen LogP contribution in [0.5, 0.6) is 0 Å². The zero-order chi connectivity index (χ0) is 23.8. The average Bonchev–Trinajstić information content (AvgIpc) is 3.14. The van der Waals surface area contributed by atoms with Gasteiger partial charge >= 0.3 is 12.1 Å². The number of alkyl carbamates (subject to hydrolysis) is 1. The molecule has 2 aromatic carbocycles. The summed E-state index contributed by atoms with van der Waals surface area (Å²) in [4.78, 5) is 35.4. The number of carboxylic acids is 1. The van der Waals surface area contributed by atoms with Crippen molar-refractivity contribution in [3.8, 4) is 11.1 Å². The molecule has 0 aromatic heterocycles. The normalized spacial score (nSPS) is 14.0. The summed E-state index contributed by atoms with van der Waals surface area (Å²) >= 11 is 1.36. The van der Waals surface area contributed by atoms with E-state index in [2.05, 4.69) is 34.9 Å². The highest BCUT2D eigenvalue weighted by atomic mass is 32.2. The van der Waals surface area contributed by atoms with Crippen LogP contribution in [0.25, 0.3) is 11.1 Å². The topological polar surface area (TPSA) is 105 Å². The third-order valence-corrected chi connectivity index (χ3v) is 7.02. The standard InChI is InChI=1S/C25H30N2O5S/c1-3-25(2,23(29)30)16-27-22(28)15-33-13-12-26-24(31)32-14-21-19-10-6-4-8-17(19)18-9-5-7-11-20(18)21/h4-11,21H,3,12-16H2,1-2H3,(H,26,31)(H,27,28)(H,29,30). The number of hydrogen-bond acceptors (Lipinski definition) is 5. The van der Waals surface area contributed by atoms with Crippen LogP contribution >= 0.6 is 11.8 Å². The highest BCUT2D eigenvalue weighted by molar-refractivity contribution is 7.99. The van der Waals surface area contributed by atoms with Gasteiger partial charge in [-0.1, -0.05) is 55.5 Å². The highest BCUT2D eigenvalue weighted by Crippen LogP contribution is 2.44. The smallest absolute Gasteiger partial charge is 0.407 e. The number of hydrogen-bond donors (Lipinski definition) is 3. The summed E-state index contributed by atoms with van der Waals surface area (Å²) in [6, 6.07) is 16.3. The first kappa shape index (κ1) is 24.6. The molecular formula is C25H30N2O5S. The van der Waals surface area contributed by atoms with E-state index in [9.17, 15) is 19.5 Å². The Balaban J connectivity index is 1.36. The molecule has 1 unspecified atom stereocenters. The van der Waals surface area contributed by atoms with Crippen molar-refractivity contribution in [1.29, 1.82) is 0 Å². The third kappa shape index (κ3) is 6.07. The van der Waals surface area contributed by atoms with Gasteiger partial charge in [0, 0.05) is 24.8 Å². The molecule has 0 saturated heterocycles. The number of benzene rings is 2. The largest absolute Gasteiger partial charge is 0.481 e. The van der Waals surface area contributed by atoms with Gasteiger partial charge in [-0.3, -0.25) is 9.59 Å². The zero-order valence-electron chi connectivity index (χ0n) is 18.9. The molecular weight excluding hydrogens is 440 g/mol. The van der Waals surface area contributed by atoms with Crippen LogP contribution in [0.3, 0.4) is 0 Å². The van der Waals surface area contributed by atoms with Crippen LogP contribution < -0.4 is 10.6 Å². The molecule has 2 aromatic rings. The van der Waals surface area contributed by atoms with Gasteiger partial charge in [0.2, 0.25) is 5.91 Å². The number of aliphatic carboxylic acids is 1. The third-order valence-electron chi connectivity index (χ3n) is 6.06. The molecule has 0 fully saturated rings. The van der Waals surface area contributed by atoms with Gasteiger partial charge in [-0.25, -0.2) is 4.79 Å². The maximum Gasteiger partial charge on any atom is 0.407 e. The lowest BCUT2D eigenvalue weighted by Gasteiger charge is -2.23. The van der Waals surface area contributed by atoms with Crippen molar-refractivity contribution >= 4 is 29.7 Å². The summed E-state index contributed by atoms with van der Waals surface area (Å²) in [5.41, 5.74) is 3.72. The Labute approximate surface area is 198 Å². The van der Waals surface area contributed by atoms with E-state index in [1.165, 1.54) is 22.9 Å². The molecule has 1 aliphatic carbocycles. The first-order chi connectivity index (χ1) is 15.9. The Bertz CT molecular complexity index is 966. The SMILES string of the molecule is CCC(C)(CNC(=O)CSCCNC(=O)OCC1c2ccccc2-c2ccccc21)C(=O)O. The highest BCUT2D eigenvalue weighted by Gasteiger charge is 2.31. The average molecular weight is 471 g/mol. The summed E-state index contributed by atoms with van der Waals surface area (Å²) in [6.07, 6.45) is -0.0538. The Hall–Kier alpha value is -3.00. The first-order valence-corrected chi connectivity index (χ1v) is 12.2. The minimum atomic E-state index is -0.966. The van der Waals surface area contributed by atoms with Crippen LogP contribution in [0.4, 0.5) is 4.79 Å². The quantitative estimate of drug-likeness (QED) is 0.431. The van der Waals surface area contributed by atoms with Crippen molar-refractivity contribution in [3.05, 3.63) is 59.7 Å². The Morgan fingerprint density at radius 1 is 1.03 bits per heavy atom. The second-order valence-corrected chi connectivity index (χ2v) is 9.41. The second kappa shape index (κ2) is 11.2. The van der Waals surface area contributed by atoms with E-state index < -0.39 is 17.5 Å². The number of carbonyl (C=O) groups is 3. The summed E-state index contributed by atoms with van der Waals surface area (Å²) in [5.74, 6) is -0.388. The van der Waals surface area contributed by atoms with Crippen molar-refractivity contribution in [2.24, 2.45) is 5.41 Å². The van der Waals surface area contributed by atoms with Crippen molar-refractivity contribution in [3.63, 3.8) is 0 Å². The van der Waals surface area contributed by atoms with E-state index >= 15 is 0 Å². The van der Waals surface area contributed by atoms with Crippen LogP contribution in [0.1, 0.15) is 37.3 Å². The van der Waals surface area contributed by atoms with Crippen molar-refractivity contribution in [2.45, 2.75) is 26.2 Å². The first-order valence-electron chi connectivity index (χ1n) is 11.0. The van der Waals surface area contributed by atoms with E-state index in [1.54, 1.807) is 13.8 Å². The minimum Gasteiger partial charge on any atom is -0.481 e. The molecule has 0 spiro atoms. The molecule has 3 rings (SSSR count). The molecule has 0 radical (unpaired) electrons. The van der Waals surface area contributed by atoms with Crippen LogP contribution in [-0.2, 0) is 14.3 Å². The van der Waals surface area contributed by atoms with Gasteiger partial charge in [0.25, 0.3) is 0 Å². The maximum absolute atomic E-state index is 12.2. The molecule has 33 heavy (non-hydrogen) atoms. The summed E-state index contributed by atoms with van der Waals surface area (Å²) in [6.45, 7) is 4.12. The van der Waals surface area contributed by atoms with Gasteiger partial charge in [0.05, 0.1) is 11.2 Å². The van der Waals surface area contributed by atoms with E-state index in [4.69, 9.17) is 4.74 Å². The van der Waals surface area contributed by atoms with E-state index in [-0.39, 0.29) is 30.7 Å².